The van der Waals surface area contributed by atoms with Crippen molar-refractivity contribution in [3.8, 4) is 0 Å². The van der Waals surface area contributed by atoms with Crippen molar-refractivity contribution in [2.45, 2.75) is 32.1 Å². The Bertz CT molecular complexity index is 267. The Morgan fingerprint density at radius 2 is 1.94 bits per heavy atom. The van der Waals surface area contributed by atoms with E-state index in [-0.39, 0.29) is 18.4 Å². The molecule has 2 unspecified atom stereocenters. The van der Waals surface area contributed by atoms with Crippen LogP contribution >= 0.6 is 0 Å². The highest BCUT2D eigenvalue weighted by molar-refractivity contribution is 5.79. The van der Waals surface area contributed by atoms with Crippen LogP contribution < -0.4 is 5.32 Å². The summed E-state index contributed by atoms with van der Waals surface area (Å²) < 4.78 is 0. The third-order valence-corrected chi connectivity index (χ3v) is 3.97. The largest absolute Gasteiger partial charge is 0.396 e. The van der Waals surface area contributed by atoms with Crippen LogP contribution in [-0.2, 0) is 4.79 Å². The third-order valence-electron chi connectivity index (χ3n) is 3.97. The molecule has 2 rings (SSSR count). The molecule has 3 nitrogen and oxygen atoms in total. The zero-order valence-electron chi connectivity index (χ0n) is 9.69. The summed E-state index contributed by atoms with van der Waals surface area (Å²) in [6, 6.07) is 0. The smallest absolute Gasteiger partial charge is 0.223 e. The van der Waals surface area contributed by atoms with Gasteiger partial charge in [-0.2, -0.15) is 0 Å². The molecular formula is C13H21NO2. The molecule has 0 heterocycles. The second-order valence-corrected chi connectivity index (χ2v) is 5.02. The first kappa shape index (κ1) is 11.6. The van der Waals surface area contributed by atoms with E-state index < -0.39 is 0 Å². The molecule has 2 aliphatic rings. The van der Waals surface area contributed by atoms with Crippen molar-refractivity contribution in [3.05, 3.63) is 12.2 Å². The maximum absolute atomic E-state index is 11.8. The van der Waals surface area contributed by atoms with Gasteiger partial charge in [0.1, 0.15) is 0 Å². The van der Waals surface area contributed by atoms with Crippen molar-refractivity contribution in [2.75, 3.05) is 13.2 Å². The van der Waals surface area contributed by atoms with E-state index in [4.69, 9.17) is 0 Å². The van der Waals surface area contributed by atoms with Gasteiger partial charge in [-0.05, 0) is 37.5 Å². The van der Waals surface area contributed by atoms with E-state index in [0.717, 1.165) is 32.2 Å². The van der Waals surface area contributed by atoms with Crippen molar-refractivity contribution in [1.82, 2.24) is 5.32 Å². The molecule has 0 aromatic heterocycles. The molecular weight excluding hydrogens is 202 g/mol. The summed E-state index contributed by atoms with van der Waals surface area (Å²) in [4.78, 5) is 11.8. The van der Waals surface area contributed by atoms with E-state index in [1.165, 1.54) is 6.42 Å². The van der Waals surface area contributed by atoms with Crippen molar-refractivity contribution >= 4 is 5.91 Å². The van der Waals surface area contributed by atoms with E-state index in [2.05, 4.69) is 17.5 Å². The number of aliphatic hydroxyl groups is 1. The fraction of sp³-hybridized carbons (Fsp3) is 0.769. The maximum Gasteiger partial charge on any atom is 0.223 e. The highest BCUT2D eigenvalue weighted by Crippen LogP contribution is 2.30. The summed E-state index contributed by atoms with van der Waals surface area (Å²) in [5.74, 6) is 1.24. The molecule has 1 saturated carbocycles. The van der Waals surface area contributed by atoms with Crippen LogP contribution in [0.2, 0.25) is 0 Å². The average molecular weight is 223 g/mol. The minimum atomic E-state index is 0.161. The molecule has 1 fully saturated rings. The van der Waals surface area contributed by atoms with E-state index in [0.29, 0.717) is 11.8 Å². The molecule has 0 saturated heterocycles. The molecule has 2 atom stereocenters. The van der Waals surface area contributed by atoms with Crippen LogP contribution in [-0.4, -0.2) is 24.2 Å². The third kappa shape index (κ3) is 2.64. The van der Waals surface area contributed by atoms with Crippen LogP contribution in [0.3, 0.4) is 0 Å². The summed E-state index contributed by atoms with van der Waals surface area (Å²) in [5, 5.41) is 12.2. The summed E-state index contributed by atoms with van der Waals surface area (Å²) in [6.07, 6.45) is 9.39. The summed E-state index contributed by atoms with van der Waals surface area (Å²) in [5.41, 5.74) is 0. The first-order valence-electron chi connectivity index (χ1n) is 6.35. The number of aliphatic hydroxyl groups excluding tert-OH is 1. The number of nitrogens with one attached hydrogen (secondary N) is 1. The highest BCUT2D eigenvalue weighted by atomic mass is 16.3. The number of carbonyl (C=O) groups is 1. The van der Waals surface area contributed by atoms with E-state index in [1.807, 2.05) is 0 Å². The van der Waals surface area contributed by atoms with Crippen molar-refractivity contribution < 1.29 is 9.90 Å². The van der Waals surface area contributed by atoms with Gasteiger partial charge < -0.3 is 10.4 Å². The summed E-state index contributed by atoms with van der Waals surface area (Å²) in [7, 11) is 0. The molecule has 2 aliphatic carbocycles. The molecule has 1 amide bonds. The second-order valence-electron chi connectivity index (χ2n) is 5.02. The van der Waals surface area contributed by atoms with Crippen molar-refractivity contribution in [2.24, 2.45) is 17.8 Å². The molecule has 16 heavy (non-hydrogen) atoms. The lowest BCUT2D eigenvalue weighted by molar-refractivity contribution is -0.124. The van der Waals surface area contributed by atoms with Gasteiger partial charge in [0.05, 0.1) is 0 Å². The Morgan fingerprint density at radius 3 is 2.62 bits per heavy atom. The zero-order valence-corrected chi connectivity index (χ0v) is 9.69. The first-order valence-corrected chi connectivity index (χ1v) is 6.35. The Labute approximate surface area is 96.9 Å². The van der Waals surface area contributed by atoms with Gasteiger partial charge >= 0.3 is 0 Å². The SMILES string of the molecule is O=C(NCC1CCCC1CO)C1CC=CC1. The van der Waals surface area contributed by atoms with Gasteiger partial charge in [-0.15, -0.1) is 0 Å². The molecule has 0 aliphatic heterocycles. The van der Waals surface area contributed by atoms with Crippen LogP contribution in [0.15, 0.2) is 12.2 Å². The first-order chi connectivity index (χ1) is 7.81. The molecule has 0 aromatic carbocycles. The zero-order chi connectivity index (χ0) is 11.4. The van der Waals surface area contributed by atoms with E-state index >= 15 is 0 Å². The van der Waals surface area contributed by atoms with Gasteiger partial charge in [0.25, 0.3) is 0 Å². The number of hydrogen-bond donors (Lipinski definition) is 2. The standard InChI is InChI=1S/C13H21NO2/c15-9-12-7-3-6-11(12)8-14-13(16)10-4-1-2-5-10/h1-2,10-12,15H,3-9H2,(H,14,16). The fourth-order valence-corrected chi connectivity index (χ4v) is 2.83. The predicted molar refractivity (Wildman–Crippen MR) is 62.8 cm³/mol. The van der Waals surface area contributed by atoms with E-state index in [9.17, 15) is 9.90 Å². The predicted octanol–water partition coefficient (Wildman–Crippen LogP) is 1.48. The van der Waals surface area contributed by atoms with Gasteiger partial charge in [-0.25, -0.2) is 0 Å². The maximum atomic E-state index is 11.8. The Kier molecular flexibility index (Phi) is 3.99. The number of amides is 1. The normalized spacial score (nSPS) is 29.8. The molecule has 90 valence electrons. The molecule has 2 N–H and O–H groups in total. The Balaban J connectivity index is 1.72. The number of allylic oxidation sites excluding steroid dienone is 2. The molecule has 0 bridgehead atoms. The van der Waals surface area contributed by atoms with Crippen LogP contribution in [0.4, 0.5) is 0 Å². The lowest BCUT2D eigenvalue weighted by Crippen LogP contribution is -2.35. The van der Waals surface area contributed by atoms with E-state index in [1.54, 1.807) is 0 Å². The lowest BCUT2D eigenvalue weighted by atomic mass is 9.96. The molecule has 0 radical (unpaired) electrons. The van der Waals surface area contributed by atoms with Gasteiger partial charge in [0.2, 0.25) is 5.91 Å². The van der Waals surface area contributed by atoms with Crippen LogP contribution in [0.1, 0.15) is 32.1 Å². The van der Waals surface area contributed by atoms with Crippen LogP contribution in [0.25, 0.3) is 0 Å². The molecule has 0 spiro atoms. The minimum Gasteiger partial charge on any atom is -0.396 e. The van der Waals surface area contributed by atoms with Gasteiger partial charge in [0, 0.05) is 19.1 Å². The monoisotopic (exact) mass is 223 g/mol. The fourth-order valence-electron chi connectivity index (χ4n) is 2.83. The minimum absolute atomic E-state index is 0.161. The van der Waals surface area contributed by atoms with Gasteiger partial charge in [-0.1, -0.05) is 18.6 Å². The lowest BCUT2D eigenvalue weighted by Gasteiger charge is -2.19. The Morgan fingerprint density at radius 1 is 1.25 bits per heavy atom. The Hall–Kier alpha value is -0.830. The number of hydrogen-bond acceptors (Lipinski definition) is 2. The van der Waals surface area contributed by atoms with Crippen LogP contribution in [0.5, 0.6) is 0 Å². The molecule has 3 heteroatoms. The van der Waals surface area contributed by atoms with Gasteiger partial charge in [-0.3, -0.25) is 4.79 Å². The quantitative estimate of drug-likeness (QED) is 0.709. The van der Waals surface area contributed by atoms with Crippen molar-refractivity contribution in [3.63, 3.8) is 0 Å². The summed E-state index contributed by atoms with van der Waals surface area (Å²) in [6.45, 7) is 1.02. The average Bonchev–Trinajstić information content (AvgIpc) is 2.96. The van der Waals surface area contributed by atoms with Crippen LogP contribution in [0, 0.1) is 17.8 Å². The van der Waals surface area contributed by atoms with Crippen molar-refractivity contribution in [1.29, 1.82) is 0 Å². The topological polar surface area (TPSA) is 49.3 Å². The van der Waals surface area contributed by atoms with Gasteiger partial charge in [0.15, 0.2) is 0 Å². The second kappa shape index (κ2) is 5.48. The molecule has 0 aromatic rings. The summed E-state index contributed by atoms with van der Waals surface area (Å²) >= 11 is 0. The highest BCUT2D eigenvalue weighted by Gasteiger charge is 2.27. The number of carbonyl (C=O) groups excluding carboxylic acids is 1. The number of rotatable bonds is 4.